The fraction of sp³-hybridized carbons (Fsp3) is 0.556. The third-order valence-corrected chi connectivity index (χ3v) is 5.09. The van der Waals surface area contributed by atoms with E-state index in [2.05, 4.69) is 48.1 Å². The zero-order chi connectivity index (χ0) is 14.9. The van der Waals surface area contributed by atoms with Crippen LogP contribution in [0.3, 0.4) is 0 Å². The van der Waals surface area contributed by atoms with E-state index in [4.69, 9.17) is 4.74 Å². The van der Waals surface area contributed by atoms with Gasteiger partial charge in [0.2, 0.25) is 0 Å². The predicted octanol–water partition coefficient (Wildman–Crippen LogP) is 3.39. The number of aromatic nitrogens is 1. The third-order valence-electron chi connectivity index (χ3n) is 5.09. The molecule has 1 aliphatic rings. The normalized spacial score (nSPS) is 16.5. The minimum Gasteiger partial charge on any atom is -0.385 e. The molecule has 3 nitrogen and oxygen atoms in total. The Bertz CT molecular complexity index is 586. The number of fused-ring (bicyclic) bond motifs is 1. The van der Waals surface area contributed by atoms with Crippen molar-refractivity contribution in [1.29, 1.82) is 0 Å². The van der Waals surface area contributed by atoms with E-state index in [1.807, 2.05) is 0 Å². The van der Waals surface area contributed by atoms with Crippen LogP contribution in [0.15, 0.2) is 24.3 Å². The van der Waals surface area contributed by atoms with E-state index >= 15 is 0 Å². The number of para-hydroxylation sites is 1. The third kappa shape index (κ3) is 2.85. The number of ether oxygens (including phenoxy) is 1. The lowest BCUT2D eigenvalue weighted by molar-refractivity contribution is 0.171. The van der Waals surface area contributed by atoms with E-state index in [1.165, 1.54) is 41.4 Å². The molecule has 0 radical (unpaired) electrons. The van der Waals surface area contributed by atoms with Crippen LogP contribution in [0.2, 0.25) is 0 Å². The second kappa shape index (κ2) is 5.82. The summed E-state index contributed by atoms with van der Waals surface area (Å²) >= 11 is 0. The second-order valence-electron chi connectivity index (χ2n) is 6.49. The summed E-state index contributed by atoms with van der Waals surface area (Å²) in [6.07, 6.45) is 3.87. The Hall–Kier alpha value is -1.32. The van der Waals surface area contributed by atoms with E-state index in [1.54, 1.807) is 7.11 Å². The SMILES string of the molecule is COCCC1(CNCc2c(C)c3ccccc3n2C)CC1. The van der Waals surface area contributed by atoms with Gasteiger partial charge in [-0.25, -0.2) is 0 Å². The van der Waals surface area contributed by atoms with Crippen molar-refractivity contribution in [2.45, 2.75) is 32.7 Å². The van der Waals surface area contributed by atoms with E-state index in [-0.39, 0.29) is 0 Å². The molecule has 3 heteroatoms. The minimum absolute atomic E-state index is 0.508. The molecule has 21 heavy (non-hydrogen) atoms. The zero-order valence-corrected chi connectivity index (χ0v) is 13.4. The van der Waals surface area contributed by atoms with E-state index < -0.39 is 0 Å². The van der Waals surface area contributed by atoms with Crippen LogP contribution in [0, 0.1) is 12.3 Å². The maximum atomic E-state index is 5.23. The molecule has 0 aliphatic heterocycles. The quantitative estimate of drug-likeness (QED) is 0.844. The van der Waals surface area contributed by atoms with Gasteiger partial charge in [-0.1, -0.05) is 18.2 Å². The summed E-state index contributed by atoms with van der Waals surface area (Å²) in [5.74, 6) is 0. The lowest BCUT2D eigenvalue weighted by Crippen LogP contribution is -2.25. The van der Waals surface area contributed by atoms with Gasteiger partial charge in [0.15, 0.2) is 0 Å². The highest BCUT2D eigenvalue weighted by Gasteiger charge is 2.41. The Morgan fingerprint density at radius 2 is 2.05 bits per heavy atom. The molecule has 1 fully saturated rings. The molecule has 1 aromatic carbocycles. The molecule has 0 bridgehead atoms. The minimum atomic E-state index is 0.508. The van der Waals surface area contributed by atoms with Crippen molar-refractivity contribution in [2.75, 3.05) is 20.3 Å². The van der Waals surface area contributed by atoms with Crippen LogP contribution in [-0.4, -0.2) is 24.8 Å². The van der Waals surface area contributed by atoms with E-state index in [0.717, 1.165) is 19.7 Å². The van der Waals surface area contributed by atoms with Gasteiger partial charge in [0.05, 0.1) is 0 Å². The monoisotopic (exact) mass is 286 g/mol. The first-order valence-electron chi connectivity index (χ1n) is 7.89. The van der Waals surface area contributed by atoms with Crippen LogP contribution in [0.5, 0.6) is 0 Å². The van der Waals surface area contributed by atoms with Crippen LogP contribution < -0.4 is 5.32 Å². The average molecular weight is 286 g/mol. The van der Waals surface area contributed by atoms with Gasteiger partial charge in [-0.2, -0.15) is 0 Å². The van der Waals surface area contributed by atoms with Gasteiger partial charge in [0, 0.05) is 50.5 Å². The first-order valence-corrected chi connectivity index (χ1v) is 7.89. The highest BCUT2D eigenvalue weighted by Crippen LogP contribution is 2.48. The Labute approximate surface area is 127 Å². The van der Waals surface area contributed by atoms with Crippen LogP contribution >= 0.6 is 0 Å². The number of benzene rings is 1. The standard InChI is InChI=1S/C18H26N2O/c1-14-15-6-4-5-7-16(15)20(2)17(14)12-19-13-18(8-9-18)10-11-21-3/h4-7,19H,8-13H2,1-3H3. The largest absolute Gasteiger partial charge is 0.385 e. The summed E-state index contributed by atoms with van der Waals surface area (Å²) in [7, 11) is 3.96. The predicted molar refractivity (Wildman–Crippen MR) is 87.5 cm³/mol. The smallest absolute Gasteiger partial charge is 0.0483 e. The first kappa shape index (κ1) is 14.6. The molecule has 0 saturated heterocycles. The fourth-order valence-electron chi connectivity index (χ4n) is 3.34. The highest BCUT2D eigenvalue weighted by atomic mass is 16.5. The molecule has 2 aromatic rings. The van der Waals surface area contributed by atoms with Crippen LogP contribution in [0.4, 0.5) is 0 Å². The average Bonchev–Trinajstić information content (AvgIpc) is 3.24. The van der Waals surface area contributed by atoms with Crippen LogP contribution in [0.25, 0.3) is 10.9 Å². The molecule has 0 amide bonds. The van der Waals surface area contributed by atoms with Crippen molar-refractivity contribution >= 4 is 10.9 Å². The molecular formula is C18H26N2O. The Kier molecular flexibility index (Phi) is 4.05. The molecular weight excluding hydrogens is 260 g/mol. The molecule has 1 saturated carbocycles. The molecule has 3 rings (SSSR count). The summed E-state index contributed by atoms with van der Waals surface area (Å²) in [5.41, 5.74) is 4.64. The Balaban J connectivity index is 1.66. The van der Waals surface area contributed by atoms with E-state index in [0.29, 0.717) is 5.41 Å². The van der Waals surface area contributed by atoms with Gasteiger partial charge in [0.1, 0.15) is 0 Å². The summed E-state index contributed by atoms with van der Waals surface area (Å²) in [4.78, 5) is 0. The molecule has 0 unspecified atom stereocenters. The highest BCUT2D eigenvalue weighted by molar-refractivity contribution is 5.85. The number of hydrogen-bond donors (Lipinski definition) is 1. The van der Waals surface area contributed by atoms with E-state index in [9.17, 15) is 0 Å². The number of nitrogens with one attached hydrogen (secondary N) is 1. The van der Waals surface area contributed by atoms with Crippen LogP contribution in [0.1, 0.15) is 30.5 Å². The number of aryl methyl sites for hydroxylation is 2. The van der Waals surface area contributed by atoms with Gasteiger partial charge in [0.25, 0.3) is 0 Å². The zero-order valence-electron chi connectivity index (χ0n) is 13.4. The van der Waals surface area contributed by atoms with Crippen molar-refractivity contribution in [1.82, 2.24) is 9.88 Å². The van der Waals surface area contributed by atoms with Crippen molar-refractivity contribution in [3.8, 4) is 0 Å². The van der Waals surface area contributed by atoms with Crippen molar-refractivity contribution in [3.63, 3.8) is 0 Å². The number of rotatable bonds is 7. The first-order chi connectivity index (χ1) is 10.2. The second-order valence-corrected chi connectivity index (χ2v) is 6.49. The summed E-state index contributed by atoms with van der Waals surface area (Å²) in [6, 6.07) is 8.65. The van der Waals surface area contributed by atoms with Gasteiger partial charge in [-0.15, -0.1) is 0 Å². The van der Waals surface area contributed by atoms with Crippen LogP contribution in [-0.2, 0) is 18.3 Å². The van der Waals surface area contributed by atoms with Crippen molar-refractivity contribution in [3.05, 3.63) is 35.5 Å². The maximum absolute atomic E-state index is 5.23. The lowest BCUT2D eigenvalue weighted by Gasteiger charge is -2.16. The molecule has 0 atom stereocenters. The fourth-order valence-corrected chi connectivity index (χ4v) is 3.34. The number of methoxy groups -OCH3 is 1. The molecule has 114 valence electrons. The van der Waals surface area contributed by atoms with Gasteiger partial charge >= 0.3 is 0 Å². The summed E-state index contributed by atoms with van der Waals surface area (Å²) in [5, 5.41) is 5.05. The Morgan fingerprint density at radius 3 is 2.71 bits per heavy atom. The van der Waals surface area contributed by atoms with Crippen molar-refractivity contribution < 1.29 is 4.74 Å². The number of nitrogens with zero attached hydrogens (tertiary/aromatic N) is 1. The van der Waals surface area contributed by atoms with Crippen molar-refractivity contribution in [2.24, 2.45) is 12.5 Å². The molecule has 0 spiro atoms. The topological polar surface area (TPSA) is 26.2 Å². The molecule has 1 aromatic heterocycles. The van der Waals surface area contributed by atoms with Gasteiger partial charge in [-0.05, 0) is 43.2 Å². The molecule has 1 N–H and O–H groups in total. The van der Waals surface area contributed by atoms with Gasteiger partial charge in [-0.3, -0.25) is 0 Å². The summed E-state index contributed by atoms with van der Waals surface area (Å²) < 4.78 is 7.55. The van der Waals surface area contributed by atoms with Gasteiger partial charge < -0.3 is 14.6 Å². The summed E-state index contributed by atoms with van der Waals surface area (Å²) in [6.45, 7) is 5.18. The molecule has 1 aliphatic carbocycles. The number of hydrogen-bond acceptors (Lipinski definition) is 2. The Morgan fingerprint density at radius 1 is 1.29 bits per heavy atom. The lowest BCUT2D eigenvalue weighted by atomic mass is 10.0. The maximum Gasteiger partial charge on any atom is 0.0483 e. The molecule has 1 heterocycles.